The molecule has 2 aromatic rings. The molecule has 2 aromatic carbocycles. The predicted octanol–water partition coefficient (Wildman–Crippen LogP) is 3.69. The van der Waals surface area contributed by atoms with Gasteiger partial charge in [-0.3, -0.25) is 4.90 Å². The summed E-state index contributed by atoms with van der Waals surface area (Å²) in [7, 11) is 7.37. The van der Waals surface area contributed by atoms with E-state index >= 15 is 0 Å². The molecule has 0 saturated heterocycles. The number of ether oxygens (including phenoxy) is 4. The molecule has 11 heteroatoms. The number of likely N-dealkylation sites (N-methyl/N-ethyl adjacent to an activating group) is 1. The van der Waals surface area contributed by atoms with E-state index in [1.54, 1.807) is 14.2 Å². The summed E-state index contributed by atoms with van der Waals surface area (Å²) >= 11 is 3.74. The van der Waals surface area contributed by atoms with Gasteiger partial charge in [0.2, 0.25) is 6.79 Å². The van der Waals surface area contributed by atoms with E-state index in [2.05, 4.69) is 28.5 Å². The predicted molar refractivity (Wildman–Crippen MR) is 167 cm³/mol. The number of nitrogens with zero attached hydrogens (tertiary/aromatic N) is 2. The van der Waals surface area contributed by atoms with Crippen LogP contribution in [-0.2, 0) is 22.4 Å². The molecule has 4 atom stereocenters. The number of phenols is 2. The second-order valence-corrected chi connectivity index (χ2v) is 11.1. The van der Waals surface area contributed by atoms with Crippen LogP contribution in [0.1, 0.15) is 59.3 Å². The summed E-state index contributed by atoms with van der Waals surface area (Å²) in [5.74, 6) is 2.76. The second kappa shape index (κ2) is 14.7. The number of nitrogens with two attached hydrogens (primary N) is 1. The standard InChI is InChI=1S/C26H34N2O6.C3H7NOS.C2H6/c1-13-9-15-7-8-28-17(21(27(3)4)19(15)23(30)24(13)32-6)10-16-20(18(28)11-31-5)26-25(33-12-34-26)14(2)22(16)29;4-3(1-5)2-6;1-2/h9,17-18,21,29-30H,7-8,10-12H2,1-6H3;1,3,6H,2,4H2;1-2H3. The highest BCUT2D eigenvalue weighted by Gasteiger charge is 2.47. The van der Waals surface area contributed by atoms with Gasteiger partial charge >= 0.3 is 0 Å². The minimum atomic E-state index is -0.381. The number of thiol groups is 1. The Balaban J connectivity index is 0.000000541. The number of aromatic hydroxyl groups is 2. The summed E-state index contributed by atoms with van der Waals surface area (Å²) in [6.07, 6.45) is 2.06. The van der Waals surface area contributed by atoms with Crippen molar-refractivity contribution in [3.05, 3.63) is 39.4 Å². The van der Waals surface area contributed by atoms with Gasteiger partial charge in [0.15, 0.2) is 23.0 Å². The molecule has 0 bridgehead atoms. The molecule has 3 heterocycles. The lowest BCUT2D eigenvalue weighted by Crippen LogP contribution is -2.50. The average Bonchev–Trinajstić information content (AvgIpc) is 3.41. The second-order valence-electron chi connectivity index (χ2n) is 10.7. The van der Waals surface area contributed by atoms with Gasteiger partial charge in [0.25, 0.3) is 0 Å². The van der Waals surface area contributed by atoms with E-state index < -0.39 is 0 Å². The van der Waals surface area contributed by atoms with Crippen molar-refractivity contribution in [2.75, 3.05) is 54.0 Å². The van der Waals surface area contributed by atoms with Gasteiger partial charge in [-0.05, 0) is 51.9 Å². The number of aryl methyl sites for hydroxylation is 1. The summed E-state index contributed by atoms with van der Waals surface area (Å²) in [4.78, 5) is 14.2. The van der Waals surface area contributed by atoms with E-state index in [1.807, 2.05) is 41.8 Å². The molecule has 42 heavy (non-hydrogen) atoms. The van der Waals surface area contributed by atoms with Gasteiger partial charge in [-0.2, -0.15) is 12.6 Å². The third kappa shape index (κ3) is 6.16. The maximum Gasteiger partial charge on any atom is 0.231 e. The third-order valence-electron chi connectivity index (χ3n) is 8.07. The van der Waals surface area contributed by atoms with Gasteiger partial charge in [-0.15, -0.1) is 0 Å². The van der Waals surface area contributed by atoms with Crippen molar-refractivity contribution in [3.8, 4) is 28.7 Å². The molecule has 0 amide bonds. The molecule has 0 spiro atoms. The molecular formula is C31H47N3O7S. The summed E-state index contributed by atoms with van der Waals surface area (Å²) < 4.78 is 23.0. The van der Waals surface area contributed by atoms with Crippen LogP contribution in [-0.4, -0.2) is 92.4 Å². The number of fused-ring (bicyclic) bond motifs is 5. The van der Waals surface area contributed by atoms with Crippen LogP contribution < -0.4 is 19.9 Å². The molecule has 4 N–H and O–H groups in total. The van der Waals surface area contributed by atoms with E-state index in [0.29, 0.717) is 47.9 Å². The van der Waals surface area contributed by atoms with E-state index in [9.17, 15) is 15.0 Å². The number of rotatable bonds is 6. The summed E-state index contributed by atoms with van der Waals surface area (Å²) in [6, 6.07) is 1.51. The van der Waals surface area contributed by atoms with Crippen LogP contribution in [0.5, 0.6) is 28.7 Å². The van der Waals surface area contributed by atoms with Crippen molar-refractivity contribution in [2.24, 2.45) is 5.73 Å². The molecular weight excluding hydrogens is 558 g/mol. The largest absolute Gasteiger partial charge is 0.507 e. The van der Waals surface area contributed by atoms with Crippen LogP contribution in [0.25, 0.3) is 0 Å². The first-order valence-corrected chi connectivity index (χ1v) is 15.0. The smallest absolute Gasteiger partial charge is 0.231 e. The van der Waals surface area contributed by atoms with Gasteiger partial charge in [0.05, 0.1) is 31.8 Å². The first-order valence-electron chi connectivity index (χ1n) is 14.4. The Bertz CT molecular complexity index is 1260. The van der Waals surface area contributed by atoms with Crippen molar-refractivity contribution in [1.82, 2.24) is 9.80 Å². The van der Waals surface area contributed by atoms with Crippen molar-refractivity contribution in [3.63, 3.8) is 0 Å². The van der Waals surface area contributed by atoms with Crippen LogP contribution in [0.4, 0.5) is 0 Å². The fourth-order valence-electron chi connectivity index (χ4n) is 6.34. The molecule has 0 aliphatic carbocycles. The summed E-state index contributed by atoms with van der Waals surface area (Å²) in [6.45, 7) is 9.21. The van der Waals surface area contributed by atoms with E-state index in [0.717, 1.165) is 40.8 Å². The van der Waals surface area contributed by atoms with Crippen LogP contribution in [0.3, 0.4) is 0 Å². The lowest BCUT2D eigenvalue weighted by atomic mass is 9.81. The number of hydrogen-bond acceptors (Lipinski definition) is 11. The van der Waals surface area contributed by atoms with Gasteiger partial charge < -0.3 is 44.6 Å². The maximum atomic E-state index is 11.4. The average molecular weight is 606 g/mol. The molecule has 0 radical (unpaired) electrons. The highest BCUT2D eigenvalue weighted by atomic mass is 32.1. The van der Waals surface area contributed by atoms with Crippen LogP contribution in [0.15, 0.2) is 6.07 Å². The SMILES string of the molecule is CC.COCC1c2c(c(O)c(C)c3c2OCO3)CC2C(N(C)C)c3c(cc(C)c(OC)c3O)CCN12.NC(C=O)CS. The zero-order valence-electron chi connectivity index (χ0n) is 26.1. The van der Waals surface area contributed by atoms with Gasteiger partial charge in [0, 0.05) is 47.7 Å². The number of hydrogen-bond donors (Lipinski definition) is 4. The Morgan fingerprint density at radius 1 is 1.17 bits per heavy atom. The number of phenolic OH excluding ortho intramolecular Hbond substituents is 2. The minimum absolute atomic E-state index is 0.00659. The number of carbonyl (C=O) groups is 1. The van der Waals surface area contributed by atoms with Crippen LogP contribution in [0, 0.1) is 13.8 Å². The van der Waals surface area contributed by atoms with Gasteiger partial charge in [0.1, 0.15) is 12.0 Å². The molecule has 0 saturated carbocycles. The zero-order chi connectivity index (χ0) is 31.3. The van der Waals surface area contributed by atoms with Crippen LogP contribution in [0.2, 0.25) is 0 Å². The van der Waals surface area contributed by atoms with E-state index in [1.165, 1.54) is 0 Å². The summed E-state index contributed by atoms with van der Waals surface area (Å²) in [5.41, 5.74) is 10.5. The Hall–Kier alpha value is -2.70. The highest BCUT2D eigenvalue weighted by Crippen LogP contribution is 2.55. The fourth-order valence-corrected chi connectivity index (χ4v) is 6.42. The maximum absolute atomic E-state index is 11.4. The Kier molecular flexibility index (Phi) is 11.8. The molecule has 234 valence electrons. The topological polar surface area (TPSA) is 127 Å². The summed E-state index contributed by atoms with van der Waals surface area (Å²) in [5, 5.41) is 22.6. The van der Waals surface area contributed by atoms with Crippen molar-refractivity contribution >= 4 is 18.9 Å². The molecule has 10 nitrogen and oxygen atoms in total. The minimum Gasteiger partial charge on any atom is -0.507 e. The van der Waals surface area contributed by atoms with E-state index in [-0.39, 0.29) is 42.5 Å². The molecule has 4 unspecified atom stereocenters. The molecule has 0 fully saturated rings. The highest BCUT2D eigenvalue weighted by molar-refractivity contribution is 7.80. The van der Waals surface area contributed by atoms with Gasteiger partial charge in [-0.25, -0.2) is 0 Å². The molecule has 3 aliphatic rings. The lowest BCUT2D eigenvalue weighted by molar-refractivity contribution is -0.108. The zero-order valence-corrected chi connectivity index (χ0v) is 27.0. The lowest BCUT2D eigenvalue weighted by Gasteiger charge is -2.47. The normalized spacial score (nSPS) is 21.0. The molecule has 0 aromatic heterocycles. The molecule has 3 aliphatic heterocycles. The fraction of sp³-hybridized carbons (Fsp3) is 0.581. The monoisotopic (exact) mass is 605 g/mol. The molecule has 5 rings (SSSR count). The van der Waals surface area contributed by atoms with Gasteiger partial charge in [-0.1, -0.05) is 19.9 Å². The number of methoxy groups -OCH3 is 2. The van der Waals surface area contributed by atoms with Crippen LogP contribution >= 0.6 is 12.6 Å². The first-order chi connectivity index (χ1) is 20.1. The van der Waals surface area contributed by atoms with E-state index in [4.69, 9.17) is 24.7 Å². The Morgan fingerprint density at radius 3 is 2.38 bits per heavy atom. The Labute approximate surface area is 255 Å². The van der Waals surface area contributed by atoms with Crippen molar-refractivity contribution in [2.45, 2.75) is 64.7 Å². The van der Waals surface area contributed by atoms with Crippen molar-refractivity contribution in [1.29, 1.82) is 0 Å². The first kappa shape index (κ1) is 33.8. The number of benzene rings is 2. The quantitative estimate of drug-likeness (QED) is 0.286. The van der Waals surface area contributed by atoms with Crippen molar-refractivity contribution < 1.29 is 34.0 Å². The number of carbonyl (C=O) groups excluding carboxylic acids is 1. The number of aldehydes is 1. The Morgan fingerprint density at radius 2 is 1.83 bits per heavy atom. The third-order valence-corrected chi connectivity index (χ3v) is 8.49.